The number of nitrogen functional groups attached to an aromatic ring is 2. The predicted octanol–water partition coefficient (Wildman–Crippen LogP) is 4.29. The van der Waals surface area contributed by atoms with Crippen molar-refractivity contribution in [2.24, 2.45) is 0 Å². The van der Waals surface area contributed by atoms with Crippen LogP contribution in [0.1, 0.15) is 89.1 Å². The van der Waals surface area contributed by atoms with Crippen LogP contribution < -0.4 is 11.5 Å². The quantitative estimate of drug-likeness (QED) is 0.245. The van der Waals surface area contributed by atoms with E-state index in [-0.39, 0.29) is 23.4 Å². The zero-order chi connectivity index (χ0) is 39.8. The SMILES string of the molecule is CCc1nc(C)nc(C)n1.Cc1nc(C)nc(C)n1.Cc1nc(C)nc(CF)n1.Cc1nc(N)nc(C(F)(F)F)n1.Cc1nc(N)nc(C(F)F)n1. The molecule has 0 aliphatic rings. The fraction of sp³-hybridized carbons (Fsp3) is 0.483. The highest BCUT2D eigenvalue weighted by Gasteiger charge is 2.35. The molecular weight excluding hydrogens is 700 g/mol. The van der Waals surface area contributed by atoms with Crippen molar-refractivity contribution < 1.29 is 26.3 Å². The second kappa shape index (κ2) is 20.8. The molecule has 0 bridgehead atoms. The minimum atomic E-state index is -4.57. The zero-order valence-corrected chi connectivity index (χ0v) is 30.1. The van der Waals surface area contributed by atoms with Gasteiger partial charge in [0.15, 0.2) is 5.82 Å². The first-order valence-electron chi connectivity index (χ1n) is 15.0. The Morgan fingerprint density at radius 2 is 0.788 bits per heavy atom. The van der Waals surface area contributed by atoms with Crippen molar-refractivity contribution in [2.45, 2.75) is 94.9 Å². The van der Waals surface area contributed by atoms with E-state index in [2.05, 4.69) is 74.8 Å². The van der Waals surface area contributed by atoms with Crippen molar-refractivity contribution in [2.75, 3.05) is 11.5 Å². The highest BCUT2D eigenvalue weighted by molar-refractivity contribution is 5.16. The van der Waals surface area contributed by atoms with Crippen molar-refractivity contribution in [3.63, 3.8) is 0 Å². The summed E-state index contributed by atoms with van der Waals surface area (Å²) in [6.07, 6.45) is -6.38. The number of anilines is 2. The van der Waals surface area contributed by atoms with Crippen LogP contribution in [0.2, 0.25) is 0 Å². The van der Waals surface area contributed by atoms with Crippen LogP contribution in [0.3, 0.4) is 0 Å². The van der Waals surface area contributed by atoms with Crippen LogP contribution in [-0.4, -0.2) is 74.8 Å². The predicted molar refractivity (Wildman–Crippen MR) is 175 cm³/mol. The van der Waals surface area contributed by atoms with Crippen LogP contribution in [0.25, 0.3) is 0 Å². The minimum absolute atomic E-state index is 0.0465. The molecule has 282 valence electrons. The molecule has 5 heterocycles. The van der Waals surface area contributed by atoms with Gasteiger partial charge >= 0.3 is 6.18 Å². The summed E-state index contributed by atoms with van der Waals surface area (Å²) < 4.78 is 71.6. The number of nitrogens with two attached hydrogens (primary N) is 2. The van der Waals surface area contributed by atoms with E-state index >= 15 is 0 Å². The molecule has 0 saturated heterocycles. The molecule has 4 N–H and O–H groups in total. The standard InChI is InChI=1S/C7H11N3.C6H8FN3.C6H9N3.C5H5F3N4.C5H6F2N4/c1-4-7-9-5(2)8-6(3)10-7;1-4-8-5(2)10-6(3-7)9-4;1-4-7-5(2)9-6(3)8-4;1-2-10-3(5(6,7)8)12-4(9)11-2;1-2-9-4(3(6)7)11-5(8)10-2/h4H2,1-3H3;3H2,1-2H3;1-3H3;1H3,(H2,9,10,11,12);3H,1H3,(H2,8,9,10,11). The maximum atomic E-state index is 11.9. The van der Waals surface area contributed by atoms with Gasteiger partial charge < -0.3 is 11.5 Å². The summed E-state index contributed by atoms with van der Waals surface area (Å²) in [5, 5.41) is 0. The van der Waals surface area contributed by atoms with Crippen LogP contribution >= 0.6 is 0 Å². The van der Waals surface area contributed by atoms with E-state index in [1.165, 1.54) is 13.8 Å². The highest BCUT2D eigenvalue weighted by Crippen LogP contribution is 2.25. The van der Waals surface area contributed by atoms with Gasteiger partial charge in [0.05, 0.1) is 0 Å². The zero-order valence-electron chi connectivity index (χ0n) is 30.1. The van der Waals surface area contributed by atoms with Crippen LogP contribution in [0.15, 0.2) is 0 Å². The maximum Gasteiger partial charge on any atom is 0.451 e. The fourth-order valence-corrected chi connectivity index (χ4v) is 3.61. The van der Waals surface area contributed by atoms with Gasteiger partial charge in [-0.1, -0.05) is 6.92 Å². The molecule has 0 amide bonds. The molecule has 0 aliphatic heterocycles. The van der Waals surface area contributed by atoms with Crippen LogP contribution in [0.5, 0.6) is 0 Å². The molecule has 5 aromatic heterocycles. The molecular formula is C29H39F6N17. The van der Waals surface area contributed by atoms with E-state index < -0.39 is 36.9 Å². The summed E-state index contributed by atoms with van der Waals surface area (Å²) in [7, 11) is 0. The average Bonchev–Trinajstić information content (AvgIpc) is 2.99. The molecule has 0 aromatic carbocycles. The highest BCUT2D eigenvalue weighted by atomic mass is 19.4. The third kappa shape index (κ3) is 17.8. The molecule has 0 radical (unpaired) electrons. The first-order valence-corrected chi connectivity index (χ1v) is 15.0. The Hall–Kier alpha value is -5.77. The molecule has 0 atom stereocenters. The molecule has 0 unspecified atom stereocenters. The second-order valence-electron chi connectivity index (χ2n) is 10.1. The number of aryl methyl sites for hydroxylation is 10. The van der Waals surface area contributed by atoms with Crippen LogP contribution in [-0.2, 0) is 19.3 Å². The Morgan fingerprint density at radius 1 is 0.462 bits per heavy atom. The summed E-state index contributed by atoms with van der Waals surface area (Å²) in [6, 6.07) is 0. The number of rotatable bonds is 3. The molecule has 17 nitrogen and oxygen atoms in total. The summed E-state index contributed by atoms with van der Waals surface area (Å²) in [5.74, 6) is 3.96. The first-order chi connectivity index (χ1) is 24.1. The molecule has 0 spiro atoms. The average molecular weight is 740 g/mol. The number of hydrogen-bond donors (Lipinski definition) is 2. The summed E-state index contributed by atoms with van der Waals surface area (Å²) in [6.45, 7) is 17.0. The third-order valence-electron chi connectivity index (χ3n) is 5.21. The van der Waals surface area contributed by atoms with Gasteiger partial charge in [-0.2, -0.15) is 33.1 Å². The lowest BCUT2D eigenvalue weighted by Gasteiger charge is -2.04. The van der Waals surface area contributed by atoms with Crippen molar-refractivity contribution >= 4 is 11.9 Å². The second-order valence-corrected chi connectivity index (χ2v) is 10.1. The Balaban J connectivity index is 0.000000326. The van der Waals surface area contributed by atoms with Gasteiger partial charge in [0, 0.05) is 6.42 Å². The van der Waals surface area contributed by atoms with Crippen molar-refractivity contribution in [1.82, 2.24) is 74.8 Å². The van der Waals surface area contributed by atoms with E-state index in [4.69, 9.17) is 11.5 Å². The Labute approximate surface area is 295 Å². The van der Waals surface area contributed by atoms with Gasteiger partial charge in [0.2, 0.25) is 23.5 Å². The van der Waals surface area contributed by atoms with Gasteiger partial charge in [-0.25, -0.2) is 68.0 Å². The van der Waals surface area contributed by atoms with Crippen molar-refractivity contribution in [3.8, 4) is 0 Å². The normalized spacial score (nSPS) is 10.4. The van der Waals surface area contributed by atoms with E-state index in [1.54, 1.807) is 13.8 Å². The lowest BCUT2D eigenvalue weighted by Crippen LogP contribution is -2.14. The van der Waals surface area contributed by atoms with Crippen LogP contribution in [0, 0.1) is 62.3 Å². The van der Waals surface area contributed by atoms with Crippen molar-refractivity contribution in [3.05, 3.63) is 75.7 Å². The summed E-state index contributed by atoms with van der Waals surface area (Å²) >= 11 is 0. The fourth-order valence-electron chi connectivity index (χ4n) is 3.61. The van der Waals surface area contributed by atoms with Crippen molar-refractivity contribution in [1.29, 1.82) is 0 Å². The van der Waals surface area contributed by atoms with E-state index in [0.29, 0.717) is 11.6 Å². The lowest BCUT2D eigenvalue weighted by atomic mass is 10.4. The summed E-state index contributed by atoms with van der Waals surface area (Å²) in [5.41, 5.74) is 10.1. The molecule has 5 aromatic rings. The summed E-state index contributed by atoms with van der Waals surface area (Å²) in [4.78, 5) is 55.3. The molecule has 52 heavy (non-hydrogen) atoms. The molecule has 23 heteroatoms. The largest absolute Gasteiger partial charge is 0.451 e. The minimum Gasteiger partial charge on any atom is -0.368 e. The van der Waals surface area contributed by atoms with Gasteiger partial charge in [-0.3, -0.25) is 0 Å². The molecule has 5 rings (SSSR count). The van der Waals surface area contributed by atoms with Crippen LogP contribution in [0.4, 0.5) is 38.2 Å². The lowest BCUT2D eigenvalue weighted by molar-refractivity contribution is -0.145. The first kappa shape index (κ1) is 44.3. The monoisotopic (exact) mass is 739 g/mol. The maximum absolute atomic E-state index is 11.9. The number of hydrogen-bond acceptors (Lipinski definition) is 17. The van der Waals surface area contributed by atoms with Gasteiger partial charge in [0.1, 0.15) is 64.9 Å². The Kier molecular flexibility index (Phi) is 17.7. The number of halogens is 6. The topological polar surface area (TPSA) is 245 Å². The third-order valence-corrected chi connectivity index (χ3v) is 5.21. The van der Waals surface area contributed by atoms with Gasteiger partial charge in [0.25, 0.3) is 6.43 Å². The molecule has 0 aliphatic carbocycles. The van der Waals surface area contributed by atoms with E-state index in [1.807, 2.05) is 41.5 Å². The number of alkyl halides is 6. The molecule has 0 saturated carbocycles. The van der Waals surface area contributed by atoms with E-state index in [9.17, 15) is 26.3 Å². The Morgan fingerprint density at radius 3 is 1.10 bits per heavy atom. The van der Waals surface area contributed by atoms with Gasteiger partial charge in [-0.05, 0) is 62.3 Å². The molecule has 0 fully saturated rings. The Bertz CT molecular complexity index is 1690. The number of nitrogens with zero attached hydrogens (tertiary/aromatic N) is 15. The van der Waals surface area contributed by atoms with E-state index in [0.717, 1.165) is 41.4 Å². The number of aromatic nitrogens is 15. The smallest absolute Gasteiger partial charge is 0.368 e. The van der Waals surface area contributed by atoms with Gasteiger partial charge in [-0.15, -0.1) is 0 Å².